The Bertz CT molecular complexity index is 729. The molecule has 130 valence electrons. The van der Waals surface area contributed by atoms with Crippen LogP contribution in [0.15, 0.2) is 48.7 Å². The summed E-state index contributed by atoms with van der Waals surface area (Å²) in [6.45, 7) is 5.72. The number of carbonyl (C=O) groups excluding carboxylic acids is 1. The Morgan fingerprint density at radius 2 is 1.92 bits per heavy atom. The standard InChI is InChI=1S/C21H25N3O/c1-16-7-9-19(11-22-16)21(25)24-14-18-8-10-20(15-24)23(13-18)12-17-5-3-2-4-6-17/h2-7,9,11,18,20H,8,10,12-15H2,1H3/t18-,20-/m0/s1. The van der Waals surface area contributed by atoms with E-state index in [1.165, 1.54) is 18.4 Å². The summed E-state index contributed by atoms with van der Waals surface area (Å²) in [7, 11) is 0. The SMILES string of the molecule is Cc1ccc(C(=O)N2C[C@H]3CC[C@@H](C2)N(Cc2ccccc2)C3)cn1. The third-order valence-electron chi connectivity index (χ3n) is 5.50. The number of carbonyl (C=O) groups is 1. The molecule has 2 bridgehead atoms. The number of fused-ring (bicyclic) bond motifs is 4. The highest BCUT2D eigenvalue weighted by Crippen LogP contribution is 2.29. The van der Waals surface area contributed by atoms with Gasteiger partial charge in [0.1, 0.15) is 0 Å². The fourth-order valence-electron chi connectivity index (χ4n) is 4.13. The highest BCUT2D eigenvalue weighted by Gasteiger charge is 2.36. The van der Waals surface area contributed by atoms with Crippen molar-refractivity contribution in [2.45, 2.75) is 32.4 Å². The first-order valence-electron chi connectivity index (χ1n) is 9.19. The first-order chi connectivity index (χ1) is 12.2. The van der Waals surface area contributed by atoms with E-state index in [1.807, 2.05) is 19.1 Å². The van der Waals surface area contributed by atoms with Gasteiger partial charge in [0.25, 0.3) is 5.91 Å². The van der Waals surface area contributed by atoms with Gasteiger partial charge in [-0.3, -0.25) is 14.7 Å². The molecule has 0 saturated carbocycles. The maximum absolute atomic E-state index is 12.9. The van der Waals surface area contributed by atoms with Crippen molar-refractivity contribution in [1.29, 1.82) is 0 Å². The van der Waals surface area contributed by atoms with Gasteiger partial charge in [-0.05, 0) is 43.4 Å². The Hall–Kier alpha value is -2.20. The van der Waals surface area contributed by atoms with Gasteiger partial charge in [-0.1, -0.05) is 30.3 Å². The fourth-order valence-corrected chi connectivity index (χ4v) is 4.13. The van der Waals surface area contributed by atoms with E-state index in [0.717, 1.165) is 31.9 Å². The van der Waals surface area contributed by atoms with Crippen molar-refractivity contribution in [3.8, 4) is 0 Å². The second-order valence-corrected chi connectivity index (χ2v) is 7.41. The largest absolute Gasteiger partial charge is 0.337 e. The minimum Gasteiger partial charge on any atom is -0.337 e. The van der Waals surface area contributed by atoms with Crippen LogP contribution in [-0.4, -0.2) is 46.4 Å². The van der Waals surface area contributed by atoms with Gasteiger partial charge in [0.2, 0.25) is 0 Å². The van der Waals surface area contributed by atoms with Crippen LogP contribution in [0.5, 0.6) is 0 Å². The molecule has 0 unspecified atom stereocenters. The van der Waals surface area contributed by atoms with Crippen LogP contribution in [0.3, 0.4) is 0 Å². The van der Waals surface area contributed by atoms with Gasteiger partial charge in [0.05, 0.1) is 5.56 Å². The number of hydrogen-bond donors (Lipinski definition) is 0. The van der Waals surface area contributed by atoms with E-state index in [2.05, 4.69) is 45.1 Å². The molecule has 25 heavy (non-hydrogen) atoms. The average molecular weight is 335 g/mol. The quantitative estimate of drug-likeness (QED) is 0.865. The van der Waals surface area contributed by atoms with Crippen molar-refractivity contribution in [3.63, 3.8) is 0 Å². The minimum absolute atomic E-state index is 0.131. The van der Waals surface area contributed by atoms with Gasteiger partial charge in [0.15, 0.2) is 0 Å². The van der Waals surface area contributed by atoms with E-state index < -0.39 is 0 Å². The van der Waals surface area contributed by atoms with E-state index in [-0.39, 0.29) is 5.91 Å². The van der Waals surface area contributed by atoms with Crippen LogP contribution in [-0.2, 0) is 6.54 Å². The molecule has 4 heterocycles. The summed E-state index contributed by atoms with van der Waals surface area (Å²) in [5.41, 5.74) is 3.01. The van der Waals surface area contributed by atoms with Crippen LogP contribution in [0.2, 0.25) is 0 Å². The van der Waals surface area contributed by atoms with E-state index in [0.29, 0.717) is 17.5 Å². The van der Waals surface area contributed by atoms with E-state index >= 15 is 0 Å². The first kappa shape index (κ1) is 16.3. The topological polar surface area (TPSA) is 36.4 Å². The summed E-state index contributed by atoms with van der Waals surface area (Å²) >= 11 is 0. The Balaban J connectivity index is 1.49. The molecule has 0 N–H and O–H groups in total. The molecule has 0 aliphatic carbocycles. The zero-order valence-electron chi connectivity index (χ0n) is 14.8. The monoisotopic (exact) mass is 335 g/mol. The summed E-state index contributed by atoms with van der Waals surface area (Å²) in [5.74, 6) is 0.704. The fraction of sp³-hybridized carbons (Fsp3) is 0.429. The molecule has 3 aliphatic rings. The highest BCUT2D eigenvalue weighted by atomic mass is 16.2. The van der Waals surface area contributed by atoms with Gasteiger partial charge in [-0.25, -0.2) is 0 Å². The number of amides is 1. The molecule has 1 aromatic carbocycles. The summed E-state index contributed by atoms with van der Waals surface area (Å²) < 4.78 is 0. The van der Waals surface area contributed by atoms with Crippen LogP contribution in [0.1, 0.15) is 34.5 Å². The first-order valence-corrected chi connectivity index (χ1v) is 9.19. The number of aryl methyl sites for hydroxylation is 1. The summed E-state index contributed by atoms with van der Waals surface area (Å²) in [6, 6.07) is 14.9. The summed E-state index contributed by atoms with van der Waals surface area (Å²) in [6.07, 6.45) is 4.13. The molecule has 3 saturated heterocycles. The molecular formula is C21H25N3O. The molecule has 1 aromatic heterocycles. The van der Waals surface area contributed by atoms with Gasteiger partial charge in [-0.2, -0.15) is 0 Å². The number of aromatic nitrogens is 1. The predicted octanol–water partition coefficient (Wildman–Crippen LogP) is 3.13. The summed E-state index contributed by atoms with van der Waals surface area (Å²) in [5, 5.41) is 0. The third-order valence-corrected chi connectivity index (χ3v) is 5.50. The van der Waals surface area contributed by atoms with Crippen LogP contribution in [0, 0.1) is 12.8 Å². The average Bonchev–Trinajstić information content (AvgIpc) is 2.94. The molecule has 4 nitrogen and oxygen atoms in total. The second kappa shape index (κ2) is 6.96. The van der Waals surface area contributed by atoms with E-state index in [9.17, 15) is 4.79 Å². The predicted molar refractivity (Wildman–Crippen MR) is 98.2 cm³/mol. The lowest BCUT2D eigenvalue weighted by Crippen LogP contribution is -2.43. The Labute approximate surface area is 149 Å². The zero-order chi connectivity index (χ0) is 17.2. The van der Waals surface area contributed by atoms with Gasteiger partial charge < -0.3 is 4.90 Å². The third kappa shape index (κ3) is 3.59. The Morgan fingerprint density at radius 3 is 2.68 bits per heavy atom. The second-order valence-electron chi connectivity index (χ2n) is 7.41. The molecule has 2 aromatic rings. The molecule has 0 radical (unpaired) electrons. The van der Waals surface area contributed by atoms with Crippen molar-refractivity contribution >= 4 is 5.91 Å². The highest BCUT2D eigenvalue weighted by molar-refractivity contribution is 5.94. The smallest absolute Gasteiger partial charge is 0.255 e. The molecule has 0 spiro atoms. The van der Waals surface area contributed by atoms with Crippen LogP contribution in [0.4, 0.5) is 0 Å². The molecule has 1 amide bonds. The van der Waals surface area contributed by atoms with Crippen molar-refractivity contribution in [2.24, 2.45) is 5.92 Å². The molecular weight excluding hydrogens is 310 g/mol. The van der Waals surface area contributed by atoms with Crippen LogP contribution in [0.25, 0.3) is 0 Å². The number of pyridine rings is 1. The van der Waals surface area contributed by atoms with Gasteiger partial charge >= 0.3 is 0 Å². The van der Waals surface area contributed by atoms with Crippen molar-refractivity contribution in [2.75, 3.05) is 19.6 Å². The molecule has 3 fully saturated rings. The maximum atomic E-state index is 12.9. The molecule has 2 atom stereocenters. The maximum Gasteiger partial charge on any atom is 0.255 e. The molecule has 5 rings (SSSR count). The zero-order valence-corrected chi connectivity index (χ0v) is 14.8. The number of rotatable bonds is 3. The van der Waals surface area contributed by atoms with E-state index in [1.54, 1.807) is 6.20 Å². The number of hydrogen-bond acceptors (Lipinski definition) is 3. The van der Waals surface area contributed by atoms with Crippen LogP contribution < -0.4 is 0 Å². The van der Waals surface area contributed by atoms with Crippen molar-refractivity contribution in [3.05, 3.63) is 65.5 Å². The van der Waals surface area contributed by atoms with Crippen LogP contribution >= 0.6 is 0 Å². The minimum atomic E-state index is 0.131. The number of piperidine rings is 1. The molecule has 4 heteroatoms. The number of nitrogens with zero attached hydrogens (tertiary/aromatic N) is 3. The van der Waals surface area contributed by atoms with Crippen molar-refractivity contribution in [1.82, 2.24) is 14.8 Å². The Morgan fingerprint density at radius 1 is 1.08 bits per heavy atom. The lowest BCUT2D eigenvalue weighted by Gasteiger charge is -2.36. The van der Waals surface area contributed by atoms with Gasteiger partial charge in [0, 0.05) is 44.1 Å². The van der Waals surface area contributed by atoms with E-state index in [4.69, 9.17) is 0 Å². The number of benzene rings is 1. The lowest BCUT2D eigenvalue weighted by atomic mass is 9.94. The normalized spacial score (nSPS) is 23.5. The molecule has 3 aliphatic heterocycles. The lowest BCUT2D eigenvalue weighted by molar-refractivity contribution is 0.0735. The Kier molecular flexibility index (Phi) is 4.53. The van der Waals surface area contributed by atoms with Gasteiger partial charge in [-0.15, -0.1) is 0 Å². The van der Waals surface area contributed by atoms with Crippen molar-refractivity contribution < 1.29 is 4.79 Å². The summed E-state index contributed by atoms with van der Waals surface area (Å²) in [4.78, 5) is 21.8.